The van der Waals surface area contributed by atoms with Gasteiger partial charge >= 0.3 is 23.9 Å². The summed E-state index contributed by atoms with van der Waals surface area (Å²) in [5.41, 5.74) is 0. The fraction of sp³-hybridized carbons (Fsp3) is 0.692. The summed E-state index contributed by atoms with van der Waals surface area (Å²) < 4.78 is 9.44. The highest BCUT2D eigenvalue weighted by Crippen LogP contribution is 2.72. The molecule has 3 saturated carbocycles. The molecular formula is C13H10O6. The first-order chi connectivity index (χ1) is 9.09. The maximum atomic E-state index is 11.7. The number of fused-ring (bicyclic) bond motifs is 11. The van der Waals surface area contributed by atoms with Crippen LogP contribution < -0.4 is 0 Å². The zero-order valence-electron chi connectivity index (χ0n) is 9.78. The van der Waals surface area contributed by atoms with E-state index >= 15 is 0 Å². The van der Waals surface area contributed by atoms with E-state index in [0.29, 0.717) is 0 Å². The largest absolute Gasteiger partial charge is 0.393 e. The third-order valence-electron chi connectivity index (χ3n) is 5.99. The van der Waals surface area contributed by atoms with Crippen molar-refractivity contribution in [2.45, 2.75) is 6.42 Å². The maximum Gasteiger partial charge on any atom is 0.317 e. The third-order valence-corrected chi connectivity index (χ3v) is 5.99. The highest BCUT2D eigenvalue weighted by molar-refractivity contribution is 6.01. The van der Waals surface area contributed by atoms with Gasteiger partial charge in [-0.05, 0) is 30.1 Å². The molecule has 0 N–H and O–H groups in total. The Morgan fingerprint density at radius 1 is 0.632 bits per heavy atom. The summed E-state index contributed by atoms with van der Waals surface area (Å²) in [5.74, 6) is -3.21. The Labute approximate surface area is 107 Å². The van der Waals surface area contributed by atoms with Crippen molar-refractivity contribution in [1.82, 2.24) is 0 Å². The van der Waals surface area contributed by atoms with Crippen LogP contribution >= 0.6 is 0 Å². The van der Waals surface area contributed by atoms with Crippen molar-refractivity contribution in [2.24, 2.45) is 47.3 Å². The molecule has 2 bridgehead atoms. The van der Waals surface area contributed by atoms with Gasteiger partial charge in [0.1, 0.15) is 0 Å². The Kier molecular flexibility index (Phi) is 1.46. The summed E-state index contributed by atoms with van der Waals surface area (Å²) in [6, 6.07) is 0. The van der Waals surface area contributed by atoms with Gasteiger partial charge in [-0.3, -0.25) is 19.2 Å². The molecule has 98 valence electrons. The molecule has 5 aliphatic rings. The Bertz CT molecular complexity index is 528. The van der Waals surface area contributed by atoms with Crippen LogP contribution in [0.15, 0.2) is 0 Å². The van der Waals surface area contributed by atoms with Crippen LogP contribution in [-0.4, -0.2) is 23.9 Å². The van der Waals surface area contributed by atoms with Crippen molar-refractivity contribution < 1.29 is 28.7 Å². The summed E-state index contributed by atoms with van der Waals surface area (Å²) in [6.45, 7) is 0. The van der Waals surface area contributed by atoms with Crippen LogP contribution in [0.1, 0.15) is 6.42 Å². The molecule has 2 heterocycles. The van der Waals surface area contributed by atoms with Gasteiger partial charge in [0.2, 0.25) is 0 Å². The van der Waals surface area contributed by atoms with Gasteiger partial charge in [0.15, 0.2) is 0 Å². The van der Waals surface area contributed by atoms with Crippen molar-refractivity contribution in [1.29, 1.82) is 0 Å². The van der Waals surface area contributed by atoms with E-state index in [0.717, 1.165) is 6.42 Å². The summed E-state index contributed by atoms with van der Waals surface area (Å²) >= 11 is 0. The zero-order valence-corrected chi connectivity index (χ0v) is 9.78. The topological polar surface area (TPSA) is 86.7 Å². The molecule has 0 spiro atoms. The van der Waals surface area contributed by atoms with Crippen molar-refractivity contribution in [3.63, 3.8) is 0 Å². The second kappa shape index (κ2) is 2.73. The summed E-state index contributed by atoms with van der Waals surface area (Å²) in [7, 11) is 0. The van der Waals surface area contributed by atoms with Crippen molar-refractivity contribution in [2.75, 3.05) is 0 Å². The highest BCUT2D eigenvalue weighted by atomic mass is 16.6. The van der Waals surface area contributed by atoms with Gasteiger partial charge in [0.05, 0.1) is 23.7 Å². The second-order valence-corrected chi connectivity index (χ2v) is 6.30. The molecule has 2 saturated heterocycles. The van der Waals surface area contributed by atoms with E-state index < -0.39 is 23.9 Å². The average Bonchev–Trinajstić information content (AvgIpc) is 2.92. The highest BCUT2D eigenvalue weighted by Gasteiger charge is 2.78. The number of hydrogen-bond donors (Lipinski definition) is 0. The van der Waals surface area contributed by atoms with Crippen LogP contribution in [0.5, 0.6) is 0 Å². The summed E-state index contributed by atoms with van der Waals surface area (Å²) in [4.78, 5) is 46.8. The quantitative estimate of drug-likeness (QED) is 0.333. The lowest BCUT2D eigenvalue weighted by atomic mass is 9.49. The Morgan fingerprint density at radius 2 is 1.00 bits per heavy atom. The van der Waals surface area contributed by atoms with E-state index in [1.54, 1.807) is 0 Å². The van der Waals surface area contributed by atoms with Crippen molar-refractivity contribution in [3.05, 3.63) is 0 Å². The minimum Gasteiger partial charge on any atom is -0.393 e. The Balaban J connectivity index is 1.59. The van der Waals surface area contributed by atoms with Crippen LogP contribution in [0.25, 0.3) is 0 Å². The number of carbonyl (C=O) groups is 4. The molecule has 8 atom stereocenters. The molecule has 3 aliphatic carbocycles. The van der Waals surface area contributed by atoms with E-state index in [1.807, 2.05) is 0 Å². The monoisotopic (exact) mass is 262 g/mol. The number of esters is 4. The number of carbonyl (C=O) groups excluding carboxylic acids is 4. The van der Waals surface area contributed by atoms with E-state index in [1.165, 1.54) is 0 Å². The predicted octanol–water partition coefficient (Wildman–Crippen LogP) is -0.486. The minimum atomic E-state index is -0.446. The fourth-order valence-electron chi connectivity index (χ4n) is 5.57. The minimum absolute atomic E-state index is 0.0126. The number of hydrogen-bond acceptors (Lipinski definition) is 6. The maximum absolute atomic E-state index is 11.7. The fourth-order valence-corrected chi connectivity index (χ4v) is 5.57. The molecule has 7 unspecified atom stereocenters. The Hall–Kier alpha value is -1.72. The van der Waals surface area contributed by atoms with Gasteiger partial charge in [0.25, 0.3) is 0 Å². The first kappa shape index (κ1) is 10.1. The Morgan fingerprint density at radius 3 is 1.42 bits per heavy atom. The molecule has 6 nitrogen and oxygen atoms in total. The van der Waals surface area contributed by atoms with Gasteiger partial charge in [-0.1, -0.05) is 0 Å². The van der Waals surface area contributed by atoms with E-state index in [2.05, 4.69) is 0 Å². The molecule has 5 rings (SSSR count). The van der Waals surface area contributed by atoms with Crippen LogP contribution in [0.4, 0.5) is 0 Å². The van der Waals surface area contributed by atoms with Gasteiger partial charge in [-0.2, -0.15) is 0 Å². The molecular weight excluding hydrogens is 252 g/mol. The average molecular weight is 262 g/mol. The summed E-state index contributed by atoms with van der Waals surface area (Å²) in [5, 5.41) is 0. The predicted molar refractivity (Wildman–Crippen MR) is 54.7 cm³/mol. The molecule has 5 fully saturated rings. The first-order valence-electron chi connectivity index (χ1n) is 6.60. The van der Waals surface area contributed by atoms with E-state index in [4.69, 9.17) is 9.47 Å². The lowest BCUT2D eigenvalue weighted by Crippen LogP contribution is -2.55. The number of ether oxygens (including phenoxy) is 2. The van der Waals surface area contributed by atoms with Gasteiger partial charge in [-0.15, -0.1) is 0 Å². The molecule has 0 amide bonds. The standard InChI is InChI=1S/C13H10O6/c14-10-6-2-1-3(7(6)11(15)18-10)5-4(2)8-9(5)13(17)19-12(8)16/h2-9H,1H2/t2?,3?,4?,5?,6-,7?,8?,9?/m1/s1. The normalized spacial score (nSPS) is 56.4. The van der Waals surface area contributed by atoms with Crippen molar-refractivity contribution in [3.8, 4) is 0 Å². The SMILES string of the molecule is O=C1OC(=O)C2C1C1C3CC(C21)[C@H]1C(=O)OC(=O)C31. The van der Waals surface area contributed by atoms with Gasteiger partial charge in [0, 0.05) is 0 Å². The van der Waals surface area contributed by atoms with Crippen LogP contribution in [0, 0.1) is 47.3 Å². The molecule has 0 aromatic rings. The van der Waals surface area contributed by atoms with Crippen LogP contribution in [0.2, 0.25) is 0 Å². The molecule has 6 heteroatoms. The molecule has 2 aliphatic heterocycles. The van der Waals surface area contributed by atoms with Gasteiger partial charge < -0.3 is 9.47 Å². The van der Waals surface area contributed by atoms with Gasteiger partial charge in [-0.25, -0.2) is 0 Å². The first-order valence-corrected chi connectivity index (χ1v) is 6.60. The second-order valence-electron chi connectivity index (χ2n) is 6.30. The van der Waals surface area contributed by atoms with Crippen LogP contribution in [0.3, 0.4) is 0 Å². The molecule has 0 aromatic heterocycles. The lowest BCUT2D eigenvalue weighted by molar-refractivity contribution is -0.156. The molecule has 0 radical (unpaired) electrons. The number of rotatable bonds is 0. The van der Waals surface area contributed by atoms with E-state index in [9.17, 15) is 19.2 Å². The van der Waals surface area contributed by atoms with Crippen molar-refractivity contribution >= 4 is 23.9 Å². The molecule has 0 aromatic carbocycles. The molecule has 19 heavy (non-hydrogen) atoms. The summed E-state index contributed by atoms with van der Waals surface area (Å²) in [6.07, 6.45) is 0.763. The smallest absolute Gasteiger partial charge is 0.317 e. The third kappa shape index (κ3) is 0.856. The van der Waals surface area contributed by atoms with Crippen LogP contribution in [-0.2, 0) is 28.7 Å². The number of cyclic esters (lactones) is 4. The lowest BCUT2D eigenvalue weighted by Gasteiger charge is -2.49. The zero-order chi connectivity index (χ0) is 13.0. The van der Waals surface area contributed by atoms with E-state index in [-0.39, 0.29) is 47.3 Å².